The van der Waals surface area contributed by atoms with Crippen LogP contribution < -0.4 is 15.1 Å². The smallest absolute Gasteiger partial charge is 0.321 e. The van der Waals surface area contributed by atoms with Crippen molar-refractivity contribution in [2.24, 2.45) is 0 Å². The third kappa shape index (κ3) is 4.65. The number of halogens is 1. The first-order valence-corrected chi connectivity index (χ1v) is 10.0. The second kappa shape index (κ2) is 9.10. The van der Waals surface area contributed by atoms with E-state index in [1.54, 1.807) is 6.07 Å². The molecule has 1 aliphatic heterocycles. The van der Waals surface area contributed by atoms with E-state index in [1.165, 1.54) is 0 Å². The van der Waals surface area contributed by atoms with Crippen molar-refractivity contribution in [3.05, 3.63) is 40.9 Å². The Kier molecular flexibility index (Phi) is 6.57. The molecule has 2 aromatic rings. The summed E-state index contributed by atoms with van der Waals surface area (Å²) in [7, 11) is 0. The molecule has 7 nitrogen and oxygen atoms in total. The maximum Gasteiger partial charge on any atom is 0.321 e. The number of carbonyl (C=O) groups is 1. The van der Waals surface area contributed by atoms with Crippen molar-refractivity contribution in [3.63, 3.8) is 0 Å². The first-order valence-electron chi connectivity index (χ1n) is 9.67. The number of aromatic nitrogens is 2. The third-order valence-electron chi connectivity index (χ3n) is 5.04. The molecule has 1 fully saturated rings. The van der Waals surface area contributed by atoms with Crippen molar-refractivity contribution in [1.82, 2.24) is 15.1 Å². The summed E-state index contributed by atoms with van der Waals surface area (Å²) < 4.78 is 0. The summed E-state index contributed by atoms with van der Waals surface area (Å²) in [5, 5.41) is 12.3. The number of rotatable bonds is 5. The standard InChI is InChI=1S/C20H27ClN6O/c1-4-25(5-2)18-8-9-19(24-23-18)26-10-12-27(13-11-26)20(28)22-16-7-6-15(3)17(21)14-16/h6-9,14H,4-5,10-13H2,1-3H3,(H,22,28). The summed E-state index contributed by atoms with van der Waals surface area (Å²) >= 11 is 6.13. The van der Waals surface area contributed by atoms with E-state index in [1.807, 2.05) is 36.1 Å². The second-order valence-electron chi connectivity index (χ2n) is 6.79. The zero-order chi connectivity index (χ0) is 20.1. The van der Waals surface area contributed by atoms with Crippen molar-refractivity contribution in [2.75, 3.05) is 54.4 Å². The number of hydrogen-bond acceptors (Lipinski definition) is 5. The highest BCUT2D eigenvalue weighted by Crippen LogP contribution is 2.21. The van der Waals surface area contributed by atoms with Gasteiger partial charge in [-0.05, 0) is 50.6 Å². The van der Waals surface area contributed by atoms with Crippen LogP contribution in [-0.2, 0) is 0 Å². The Hall–Kier alpha value is -2.54. The number of amides is 2. The SMILES string of the molecule is CCN(CC)c1ccc(N2CCN(C(=O)Nc3ccc(C)c(Cl)c3)CC2)nn1. The molecule has 0 spiro atoms. The van der Waals surface area contributed by atoms with Crippen LogP contribution in [0.1, 0.15) is 19.4 Å². The van der Waals surface area contributed by atoms with Crippen molar-refractivity contribution in [1.29, 1.82) is 0 Å². The highest BCUT2D eigenvalue weighted by atomic mass is 35.5. The number of carbonyl (C=O) groups excluding carboxylic acids is 1. The first kappa shape index (κ1) is 20.2. The number of aryl methyl sites for hydroxylation is 1. The van der Waals surface area contributed by atoms with Crippen LogP contribution in [0.25, 0.3) is 0 Å². The Morgan fingerprint density at radius 3 is 2.39 bits per heavy atom. The normalized spacial score (nSPS) is 14.1. The second-order valence-corrected chi connectivity index (χ2v) is 7.20. The minimum absolute atomic E-state index is 0.109. The quantitative estimate of drug-likeness (QED) is 0.827. The average molecular weight is 403 g/mol. The van der Waals surface area contributed by atoms with E-state index >= 15 is 0 Å². The van der Waals surface area contributed by atoms with Gasteiger partial charge in [0.1, 0.15) is 0 Å². The number of piperazine rings is 1. The number of benzene rings is 1. The molecule has 1 saturated heterocycles. The fourth-order valence-electron chi connectivity index (χ4n) is 3.21. The summed E-state index contributed by atoms with van der Waals surface area (Å²) in [6.45, 7) is 10.7. The molecule has 1 aromatic carbocycles. The van der Waals surface area contributed by atoms with Gasteiger partial charge in [-0.2, -0.15) is 0 Å². The zero-order valence-electron chi connectivity index (χ0n) is 16.7. The van der Waals surface area contributed by atoms with Gasteiger partial charge in [-0.1, -0.05) is 17.7 Å². The van der Waals surface area contributed by atoms with Crippen LogP contribution in [0.2, 0.25) is 5.02 Å². The zero-order valence-corrected chi connectivity index (χ0v) is 17.4. The Morgan fingerprint density at radius 1 is 1.11 bits per heavy atom. The van der Waals surface area contributed by atoms with Crippen LogP contribution in [0, 0.1) is 6.92 Å². The molecule has 3 rings (SSSR count). The van der Waals surface area contributed by atoms with Crippen molar-refractivity contribution in [3.8, 4) is 0 Å². The molecule has 0 atom stereocenters. The lowest BCUT2D eigenvalue weighted by Crippen LogP contribution is -2.50. The molecule has 2 amide bonds. The van der Waals surface area contributed by atoms with Crippen molar-refractivity contribution < 1.29 is 4.79 Å². The molecule has 0 bridgehead atoms. The number of nitrogens with zero attached hydrogens (tertiary/aromatic N) is 5. The molecule has 0 unspecified atom stereocenters. The predicted octanol–water partition coefficient (Wildman–Crippen LogP) is 3.64. The molecule has 0 saturated carbocycles. The van der Waals surface area contributed by atoms with Gasteiger partial charge in [0.15, 0.2) is 11.6 Å². The number of urea groups is 1. The Balaban J connectivity index is 1.55. The lowest BCUT2D eigenvalue weighted by Gasteiger charge is -2.35. The maximum atomic E-state index is 12.5. The molecule has 1 aliphatic rings. The minimum atomic E-state index is -0.109. The van der Waals surface area contributed by atoms with Gasteiger partial charge in [-0.25, -0.2) is 4.79 Å². The molecule has 1 N–H and O–H groups in total. The van der Waals surface area contributed by atoms with Gasteiger partial charge < -0.3 is 20.0 Å². The minimum Gasteiger partial charge on any atom is -0.356 e. The summed E-state index contributed by atoms with van der Waals surface area (Å²) in [6.07, 6.45) is 0. The Morgan fingerprint density at radius 2 is 1.82 bits per heavy atom. The van der Waals surface area contributed by atoms with Gasteiger partial charge in [-0.15, -0.1) is 10.2 Å². The van der Waals surface area contributed by atoms with E-state index in [0.29, 0.717) is 23.8 Å². The number of nitrogens with one attached hydrogen (secondary N) is 1. The number of anilines is 3. The lowest BCUT2D eigenvalue weighted by atomic mass is 10.2. The summed E-state index contributed by atoms with van der Waals surface area (Å²) in [4.78, 5) is 18.6. The molecule has 0 aliphatic carbocycles. The van der Waals surface area contributed by atoms with Crippen LogP contribution in [0.15, 0.2) is 30.3 Å². The molecule has 28 heavy (non-hydrogen) atoms. The van der Waals surface area contributed by atoms with Gasteiger partial charge in [0.25, 0.3) is 0 Å². The first-order chi connectivity index (χ1) is 13.5. The fourth-order valence-corrected chi connectivity index (χ4v) is 3.40. The van der Waals surface area contributed by atoms with Gasteiger partial charge in [0.2, 0.25) is 0 Å². The summed E-state index contributed by atoms with van der Waals surface area (Å²) in [5.41, 5.74) is 1.70. The average Bonchev–Trinajstić information content (AvgIpc) is 2.72. The van der Waals surface area contributed by atoms with Gasteiger partial charge in [0.05, 0.1) is 0 Å². The highest BCUT2D eigenvalue weighted by molar-refractivity contribution is 6.31. The van der Waals surface area contributed by atoms with Crippen LogP contribution in [0.3, 0.4) is 0 Å². The van der Waals surface area contributed by atoms with E-state index in [4.69, 9.17) is 11.6 Å². The van der Waals surface area contributed by atoms with Gasteiger partial charge >= 0.3 is 6.03 Å². The van der Waals surface area contributed by atoms with Crippen LogP contribution in [0.5, 0.6) is 0 Å². The van der Waals surface area contributed by atoms with E-state index < -0.39 is 0 Å². The summed E-state index contributed by atoms with van der Waals surface area (Å²) in [6, 6.07) is 9.44. The molecule has 2 heterocycles. The molecule has 150 valence electrons. The predicted molar refractivity (Wildman–Crippen MR) is 115 cm³/mol. The molecule has 1 aromatic heterocycles. The third-order valence-corrected chi connectivity index (χ3v) is 5.45. The molecular weight excluding hydrogens is 376 g/mol. The van der Waals surface area contributed by atoms with Crippen LogP contribution >= 0.6 is 11.6 Å². The monoisotopic (exact) mass is 402 g/mol. The summed E-state index contributed by atoms with van der Waals surface area (Å²) in [5.74, 6) is 1.74. The van der Waals surface area contributed by atoms with Crippen LogP contribution in [0.4, 0.5) is 22.1 Å². The molecule has 0 radical (unpaired) electrons. The van der Waals surface area contributed by atoms with E-state index in [2.05, 4.69) is 39.2 Å². The van der Waals surface area contributed by atoms with Crippen LogP contribution in [-0.4, -0.2) is 60.4 Å². The van der Waals surface area contributed by atoms with Gasteiger partial charge in [-0.3, -0.25) is 0 Å². The topological polar surface area (TPSA) is 64.6 Å². The van der Waals surface area contributed by atoms with Gasteiger partial charge in [0, 0.05) is 50.0 Å². The maximum absolute atomic E-state index is 12.5. The Labute approximate surface area is 171 Å². The largest absolute Gasteiger partial charge is 0.356 e. The highest BCUT2D eigenvalue weighted by Gasteiger charge is 2.22. The molecular formula is C20H27ClN6O. The van der Waals surface area contributed by atoms with Crippen molar-refractivity contribution in [2.45, 2.75) is 20.8 Å². The van der Waals surface area contributed by atoms with E-state index in [0.717, 1.165) is 43.4 Å². The van der Waals surface area contributed by atoms with E-state index in [-0.39, 0.29) is 6.03 Å². The van der Waals surface area contributed by atoms with Crippen molar-refractivity contribution >= 4 is 35.0 Å². The Bertz CT molecular complexity index is 801. The number of hydrogen-bond donors (Lipinski definition) is 1. The van der Waals surface area contributed by atoms with E-state index in [9.17, 15) is 4.79 Å². The lowest BCUT2D eigenvalue weighted by molar-refractivity contribution is 0.208. The fraction of sp³-hybridized carbons (Fsp3) is 0.450. The molecule has 8 heteroatoms.